The van der Waals surface area contributed by atoms with Crippen molar-refractivity contribution in [3.8, 4) is 0 Å². The van der Waals surface area contributed by atoms with Crippen LogP contribution in [0, 0.1) is 23.2 Å². The van der Waals surface area contributed by atoms with Gasteiger partial charge in [-0.3, -0.25) is 4.79 Å². The van der Waals surface area contributed by atoms with Crippen molar-refractivity contribution in [1.29, 1.82) is 0 Å². The number of carbonyl (C=O) groups is 2. The predicted molar refractivity (Wildman–Crippen MR) is 74.3 cm³/mol. The van der Waals surface area contributed by atoms with Crippen LogP contribution < -0.4 is 5.32 Å². The Balaban J connectivity index is 1.91. The molecule has 0 heterocycles. The average molecular weight is 283 g/mol. The van der Waals surface area contributed by atoms with Crippen molar-refractivity contribution in [2.45, 2.75) is 52.6 Å². The lowest BCUT2D eigenvalue weighted by Crippen LogP contribution is -2.41. The second-order valence-corrected chi connectivity index (χ2v) is 7.46. The van der Waals surface area contributed by atoms with Crippen molar-refractivity contribution in [2.24, 2.45) is 23.2 Å². The lowest BCUT2D eigenvalue weighted by Gasteiger charge is -2.34. The molecular formula is C15H25NO4. The zero-order valence-electron chi connectivity index (χ0n) is 12.7. The van der Waals surface area contributed by atoms with Gasteiger partial charge in [-0.1, -0.05) is 13.3 Å². The second kappa shape index (κ2) is 4.93. The van der Waals surface area contributed by atoms with Crippen LogP contribution in [0.1, 0.15) is 47.0 Å². The van der Waals surface area contributed by atoms with Crippen molar-refractivity contribution in [3.63, 3.8) is 0 Å². The van der Waals surface area contributed by atoms with E-state index in [0.29, 0.717) is 12.5 Å². The summed E-state index contributed by atoms with van der Waals surface area (Å²) in [4.78, 5) is 23.0. The average Bonchev–Trinajstić information content (AvgIpc) is 3.00. The summed E-state index contributed by atoms with van der Waals surface area (Å²) >= 11 is 0. The first-order valence-electron chi connectivity index (χ1n) is 7.34. The van der Waals surface area contributed by atoms with Crippen molar-refractivity contribution in [3.05, 3.63) is 0 Å². The monoisotopic (exact) mass is 283 g/mol. The molecule has 4 unspecified atom stereocenters. The molecule has 114 valence electrons. The predicted octanol–water partition coefficient (Wildman–Crippen LogP) is 2.65. The topological polar surface area (TPSA) is 75.6 Å². The van der Waals surface area contributed by atoms with Crippen LogP contribution in [0.3, 0.4) is 0 Å². The number of carbonyl (C=O) groups excluding carboxylic acids is 1. The highest BCUT2D eigenvalue weighted by Crippen LogP contribution is 2.63. The van der Waals surface area contributed by atoms with Crippen LogP contribution in [0.5, 0.6) is 0 Å². The minimum absolute atomic E-state index is 0.122. The molecule has 2 rings (SSSR count). The van der Waals surface area contributed by atoms with Crippen molar-refractivity contribution < 1.29 is 19.4 Å². The number of nitrogens with one attached hydrogen (secondary N) is 1. The number of alkyl carbamates (subject to hydrolysis) is 1. The fraction of sp³-hybridized carbons (Fsp3) is 0.867. The van der Waals surface area contributed by atoms with Gasteiger partial charge in [0.15, 0.2) is 0 Å². The normalized spacial score (nSPS) is 35.9. The molecule has 0 aromatic carbocycles. The number of amides is 1. The van der Waals surface area contributed by atoms with Gasteiger partial charge in [0.25, 0.3) is 0 Å². The molecule has 0 spiro atoms. The molecule has 2 aliphatic carbocycles. The van der Waals surface area contributed by atoms with E-state index in [4.69, 9.17) is 4.74 Å². The van der Waals surface area contributed by atoms with Crippen LogP contribution in [0.15, 0.2) is 0 Å². The summed E-state index contributed by atoms with van der Waals surface area (Å²) in [6.07, 6.45) is 2.59. The number of hydrogen-bond donors (Lipinski definition) is 2. The maximum absolute atomic E-state index is 11.7. The number of ether oxygens (including phenoxy) is 1. The molecule has 0 bridgehead atoms. The summed E-state index contributed by atoms with van der Waals surface area (Å²) < 4.78 is 5.23. The number of aliphatic carboxylic acids is 1. The number of hydrogen-bond acceptors (Lipinski definition) is 3. The van der Waals surface area contributed by atoms with E-state index in [9.17, 15) is 14.7 Å². The Labute approximate surface area is 120 Å². The SMILES string of the molecule is CC(C)(C)OC(=O)NCC1(C)CCCC2C(C(=O)O)C21. The lowest BCUT2D eigenvalue weighted by atomic mass is 9.75. The van der Waals surface area contributed by atoms with Crippen LogP contribution in [-0.4, -0.2) is 29.3 Å². The third-order valence-electron chi connectivity index (χ3n) is 4.58. The highest BCUT2D eigenvalue weighted by atomic mass is 16.6. The summed E-state index contributed by atoms with van der Waals surface area (Å²) in [6, 6.07) is 0. The van der Waals surface area contributed by atoms with Crippen molar-refractivity contribution in [1.82, 2.24) is 5.32 Å². The van der Waals surface area contributed by atoms with Gasteiger partial charge in [0, 0.05) is 6.54 Å². The molecular weight excluding hydrogens is 258 g/mol. The summed E-state index contributed by atoms with van der Waals surface area (Å²) in [5.74, 6) is -0.413. The van der Waals surface area contributed by atoms with Gasteiger partial charge in [-0.25, -0.2) is 4.79 Å². The van der Waals surface area contributed by atoms with Gasteiger partial charge in [0.2, 0.25) is 0 Å². The number of rotatable bonds is 3. The summed E-state index contributed by atoms with van der Waals surface area (Å²) in [5.41, 5.74) is -0.633. The van der Waals surface area contributed by atoms with E-state index in [-0.39, 0.29) is 17.3 Å². The third-order valence-corrected chi connectivity index (χ3v) is 4.58. The molecule has 5 heteroatoms. The molecule has 1 amide bonds. The summed E-state index contributed by atoms with van der Waals surface area (Å²) in [5, 5.41) is 12.0. The number of carboxylic acid groups (broad SMARTS) is 1. The van der Waals surface area contributed by atoms with E-state index in [2.05, 4.69) is 12.2 Å². The maximum Gasteiger partial charge on any atom is 0.407 e. The lowest BCUT2D eigenvalue weighted by molar-refractivity contribution is -0.139. The van der Waals surface area contributed by atoms with Gasteiger partial charge in [-0.15, -0.1) is 0 Å². The Morgan fingerprint density at radius 3 is 2.60 bits per heavy atom. The van der Waals surface area contributed by atoms with Crippen LogP contribution in [0.25, 0.3) is 0 Å². The smallest absolute Gasteiger partial charge is 0.407 e. The van der Waals surface area contributed by atoms with Gasteiger partial charge in [-0.2, -0.15) is 0 Å². The molecule has 5 nitrogen and oxygen atoms in total. The Bertz CT molecular complexity index is 415. The molecule has 0 saturated heterocycles. The minimum atomic E-state index is -0.689. The fourth-order valence-corrected chi connectivity index (χ4v) is 3.72. The van der Waals surface area contributed by atoms with Gasteiger partial charge < -0.3 is 15.2 Å². The van der Waals surface area contributed by atoms with Crippen molar-refractivity contribution >= 4 is 12.1 Å². The molecule has 0 aromatic heterocycles. The van der Waals surface area contributed by atoms with Crippen LogP contribution in [0.4, 0.5) is 4.79 Å². The zero-order valence-corrected chi connectivity index (χ0v) is 12.7. The Morgan fingerprint density at radius 1 is 1.40 bits per heavy atom. The molecule has 0 radical (unpaired) electrons. The van der Waals surface area contributed by atoms with Gasteiger partial charge in [-0.05, 0) is 50.9 Å². The molecule has 2 fully saturated rings. The standard InChI is InChI=1S/C15H25NO4/c1-14(2,3)20-13(19)16-8-15(4)7-5-6-9-10(11(9)15)12(17)18/h9-11H,5-8H2,1-4H3,(H,16,19)(H,17,18). The first kappa shape index (κ1) is 15.1. The van der Waals surface area contributed by atoms with Crippen molar-refractivity contribution in [2.75, 3.05) is 6.54 Å². The number of carboxylic acids is 1. The molecule has 0 aliphatic heterocycles. The Kier molecular flexibility index (Phi) is 3.73. The van der Waals surface area contributed by atoms with Crippen LogP contribution in [-0.2, 0) is 9.53 Å². The molecule has 2 N–H and O–H groups in total. The molecule has 0 aromatic rings. The number of fused-ring (bicyclic) bond motifs is 1. The van der Waals surface area contributed by atoms with E-state index in [0.717, 1.165) is 19.3 Å². The fourth-order valence-electron chi connectivity index (χ4n) is 3.72. The first-order valence-corrected chi connectivity index (χ1v) is 7.34. The molecule has 4 atom stereocenters. The second-order valence-electron chi connectivity index (χ2n) is 7.46. The van der Waals surface area contributed by atoms with Gasteiger partial charge in [0.05, 0.1) is 5.92 Å². The van der Waals surface area contributed by atoms with E-state index in [1.165, 1.54) is 0 Å². The quantitative estimate of drug-likeness (QED) is 0.835. The van der Waals surface area contributed by atoms with Gasteiger partial charge in [0.1, 0.15) is 5.60 Å². The highest BCUT2D eigenvalue weighted by Gasteiger charge is 2.63. The van der Waals surface area contributed by atoms with E-state index in [1.807, 2.05) is 20.8 Å². The molecule has 2 aliphatic rings. The zero-order chi connectivity index (χ0) is 15.1. The third kappa shape index (κ3) is 3.07. The van der Waals surface area contributed by atoms with E-state index in [1.54, 1.807) is 0 Å². The largest absolute Gasteiger partial charge is 0.481 e. The summed E-state index contributed by atoms with van der Waals surface area (Å²) in [7, 11) is 0. The van der Waals surface area contributed by atoms with Gasteiger partial charge >= 0.3 is 12.1 Å². The van der Waals surface area contributed by atoms with E-state index < -0.39 is 17.7 Å². The van der Waals surface area contributed by atoms with E-state index >= 15 is 0 Å². The molecule has 2 saturated carbocycles. The van der Waals surface area contributed by atoms with Crippen LogP contribution in [0.2, 0.25) is 0 Å². The maximum atomic E-state index is 11.7. The first-order chi connectivity index (χ1) is 9.14. The summed E-state index contributed by atoms with van der Waals surface area (Å²) in [6.45, 7) is 8.06. The van der Waals surface area contributed by atoms with Crippen LogP contribution >= 0.6 is 0 Å². The highest BCUT2D eigenvalue weighted by molar-refractivity contribution is 5.75. The molecule has 20 heavy (non-hydrogen) atoms. The Hall–Kier alpha value is -1.26. The minimum Gasteiger partial charge on any atom is -0.481 e. The Morgan fingerprint density at radius 2 is 2.05 bits per heavy atom.